The first kappa shape index (κ1) is 12.4. The summed E-state index contributed by atoms with van der Waals surface area (Å²) < 4.78 is 5.46. The highest BCUT2D eigenvalue weighted by atomic mass is 16.5. The summed E-state index contributed by atoms with van der Waals surface area (Å²) in [6.45, 7) is 4.32. The van der Waals surface area contributed by atoms with Crippen LogP contribution in [-0.2, 0) is 4.79 Å². The van der Waals surface area contributed by atoms with E-state index in [4.69, 9.17) is 10.00 Å². The fourth-order valence-electron chi connectivity index (χ4n) is 1.85. The third kappa shape index (κ3) is 2.45. The topological polar surface area (TPSA) is 62.1 Å². The van der Waals surface area contributed by atoms with Crippen molar-refractivity contribution in [2.75, 3.05) is 13.2 Å². The highest BCUT2D eigenvalue weighted by molar-refractivity contribution is 5.85. The molecular weight excluding hydrogens is 228 g/mol. The van der Waals surface area contributed by atoms with Gasteiger partial charge in [-0.2, -0.15) is 5.26 Å². The quantitative estimate of drug-likeness (QED) is 0.882. The SMILES string of the molecule is CC(C)(C#N)CNC(=O)C1COc2ccccc21. The van der Waals surface area contributed by atoms with Gasteiger partial charge in [0, 0.05) is 12.1 Å². The minimum absolute atomic E-state index is 0.0803. The number of rotatable bonds is 3. The van der Waals surface area contributed by atoms with Crippen LogP contribution >= 0.6 is 0 Å². The zero-order valence-corrected chi connectivity index (χ0v) is 10.6. The largest absolute Gasteiger partial charge is 0.492 e. The predicted molar refractivity (Wildman–Crippen MR) is 67.1 cm³/mol. The lowest BCUT2D eigenvalue weighted by Crippen LogP contribution is -2.36. The number of carbonyl (C=O) groups excluding carboxylic acids is 1. The van der Waals surface area contributed by atoms with Gasteiger partial charge >= 0.3 is 0 Å². The van der Waals surface area contributed by atoms with Gasteiger partial charge in [0.2, 0.25) is 5.91 Å². The van der Waals surface area contributed by atoms with Gasteiger partial charge in [0.1, 0.15) is 18.3 Å². The van der Waals surface area contributed by atoms with Crippen molar-refractivity contribution in [2.45, 2.75) is 19.8 Å². The van der Waals surface area contributed by atoms with Crippen LogP contribution in [0.15, 0.2) is 24.3 Å². The maximum absolute atomic E-state index is 12.1. The van der Waals surface area contributed by atoms with Crippen molar-refractivity contribution in [1.29, 1.82) is 5.26 Å². The van der Waals surface area contributed by atoms with Crippen molar-refractivity contribution in [1.82, 2.24) is 5.32 Å². The lowest BCUT2D eigenvalue weighted by Gasteiger charge is -2.17. The Labute approximate surface area is 107 Å². The number of benzene rings is 1. The lowest BCUT2D eigenvalue weighted by molar-refractivity contribution is -0.123. The first-order valence-corrected chi connectivity index (χ1v) is 5.94. The summed E-state index contributed by atoms with van der Waals surface area (Å²) in [6, 6.07) is 9.71. The van der Waals surface area contributed by atoms with E-state index >= 15 is 0 Å². The molecule has 4 nitrogen and oxygen atoms in total. The molecule has 0 saturated heterocycles. The average molecular weight is 244 g/mol. The first-order valence-electron chi connectivity index (χ1n) is 5.94. The van der Waals surface area contributed by atoms with Crippen LogP contribution in [-0.4, -0.2) is 19.1 Å². The standard InChI is InChI=1S/C14H16N2O2/c1-14(2,8-15)9-16-13(17)11-7-18-12-6-4-3-5-10(11)12/h3-6,11H,7,9H2,1-2H3,(H,16,17). The van der Waals surface area contributed by atoms with Gasteiger partial charge in [0.15, 0.2) is 0 Å². The molecule has 0 aliphatic carbocycles. The molecule has 1 unspecified atom stereocenters. The molecule has 1 N–H and O–H groups in total. The molecule has 1 atom stereocenters. The van der Waals surface area contributed by atoms with Crippen LogP contribution in [0.1, 0.15) is 25.3 Å². The molecule has 1 aromatic carbocycles. The predicted octanol–water partition coefficient (Wildman–Crippen LogP) is 1.83. The number of nitriles is 1. The monoisotopic (exact) mass is 244 g/mol. The van der Waals surface area contributed by atoms with Crippen LogP contribution in [0.4, 0.5) is 0 Å². The summed E-state index contributed by atoms with van der Waals surface area (Å²) in [5, 5.41) is 11.7. The molecule has 0 aromatic heterocycles. The highest BCUT2D eigenvalue weighted by Gasteiger charge is 2.30. The fourth-order valence-corrected chi connectivity index (χ4v) is 1.85. The minimum atomic E-state index is -0.547. The highest BCUT2D eigenvalue weighted by Crippen LogP contribution is 2.33. The zero-order valence-electron chi connectivity index (χ0n) is 10.6. The van der Waals surface area contributed by atoms with Crippen molar-refractivity contribution in [2.24, 2.45) is 5.41 Å². The smallest absolute Gasteiger partial charge is 0.231 e. The van der Waals surface area contributed by atoms with E-state index in [1.54, 1.807) is 13.8 Å². The molecule has 2 rings (SSSR count). The number of para-hydroxylation sites is 1. The van der Waals surface area contributed by atoms with Crippen LogP contribution in [0.3, 0.4) is 0 Å². The van der Waals surface area contributed by atoms with E-state index in [9.17, 15) is 4.79 Å². The molecule has 1 aliphatic heterocycles. The second-order valence-electron chi connectivity index (χ2n) is 5.11. The van der Waals surface area contributed by atoms with Crippen LogP contribution in [0.2, 0.25) is 0 Å². The van der Waals surface area contributed by atoms with Crippen LogP contribution in [0, 0.1) is 16.7 Å². The van der Waals surface area contributed by atoms with Crippen LogP contribution in [0.5, 0.6) is 5.75 Å². The molecule has 0 saturated carbocycles. The number of fused-ring (bicyclic) bond motifs is 1. The Balaban J connectivity index is 2.02. The number of nitrogens with one attached hydrogen (secondary N) is 1. The third-order valence-electron chi connectivity index (χ3n) is 3.02. The molecule has 0 fully saturated rings. The maximum Gasteiger partial charge on any atom is 0.231 e. The molecule has 1 aromatic rings. The average Bonchev–Trinajstić information content (AvgIpc) is 2.80. The summed E-state index contributed by atoms with van der Waals surface area (Å²) in [6.07, 6.45) is 0. The molecule has 0 radical (unpaired) electrons. The van der Waals surface area contributed by atoms with Gasteiger partial charge in [-0.3, -0.25) is 4.79 Å². The Kier molecular flexibility index (Phi) is 3.24. The summed E-state index contributed by atoms with van der Waals surface area (Å²) in [7, 11) is 0. The van der Waals surface area contributed by atoms with Gasteiger partial charge in [-0.25, -0.2) is 0 Å². The molecular formula is C14H16N2O2. The second kappa shape index (κ2) is 4.69. The molecule has 1 amide bonds. The lowest BCUT2D eigenvalue weighted by atomic mass is 9.95. The number of hydrogen-bond donors (Lipinski definition) is 1. The van der Waals surface area contributed by atoms with Gasteiger partial charge in [-0.05, 0) is 19.9 Å². The van der Waals surface area contributed by atoms with E-state index in [1.807, 2.05) is 24.3 Å². The number of amides is 1. The molecule has 94 valence electrons. The zero-order chi connectivity index (χ0) is 13.2. The van der Waals surface area contributed by atoms with Gasteiger partial charge in [0.25, 0.3) is 0 Å². The van der Waals surface area contributed by atoms with E-state index < -0.39 is 5.41 Å². The first-order chi connectivity index (χ1) is 8.53. The van der Waals surface area contributed by atoms with Gasteiger partial charge in [-0.15, -0.1) is 0 Å². The maximum atomic E-state index is 12.1. The third-order valence-corrected chi connectivity index (χ3v) is 3.02. The number of nitrogens with zero attached hydrogens (tertiary/aromatic N) is 1. The molecule has 18 heavy (non-hydrogen) atoms. The summed E-state index contributed by atoms with van der Waals surface area (Å²) >= 11 is 0. The summed E-state index contributed by atoms with van der Waals surface area (Å²) in [5.74, 6) is 0.427. The van der Waals surface area contributed by atoms with Crippen molar-refractivity contribution in [3.63, 3.8) is 0 Å². The van der Waals surface area contributed by atoms with E-state index in [0.29, 0.717) is 13.2 Å². The molecule has 1 aliphatic rings. The Hall–Kier alpha value is -2.02. The van der Waals surface area contributed by atoms with Gasteiger partial charge in [-0.1, -0.05) is 18.2 Å². The molecule has 0 bridgehead atoms. The molecule has 4 heteroatoms. The second-order valence-corrected chi connectivity index (χ2v) is 5.11. The van der Waals surface area contributed by atoms with Gasteiger partial charge in [0.05, 0.1) is 11.5 Å². The Morgan fingerprint density at radius 2 is 2.28 bits per heavy atom. The summed E-state index contributed by atoms with van der Waals surface area (Å²) in [5.41, 5.74) is 0.374. The van der Waals surface area contributed by atoms with Crippen LogP contribution in [0.25, 0.3) is 0 Å². The van der Waals surface area contributed by atoms with Crippen molar-refractivity contribution >= 4 is 5.91 Å². The number of ether oxygens (including phenoxy) is 1. The summed E-state index contributed by atoms with van der Waals surface area (Å²) in [4.78, 5) is 12.1. The van der Waals surface area contributed by atoms with Crippen LogP contribution < -0.4 is 10.1 Å². The van der Waals surface area contributed by atoms with E-state index in [0.717, 1.165) is 11.3 Å². The Morgan fingerprint density at radius 3 is 3.00 bits per heavy atom. The van der Waals surface area contributed by atoms with E-state index in [1.165, 1.54) is 0 Å². The van der Waals surface area contributed by atoms with Crippen molar-refractivity contribution in [3.8, 4) is 11.8 Å². The number of hydrogen-bond acceptors (Lipinski definition) is 3. The van der Waals surface area contributed by atoms with E-state index in [-0.39, 0.29) is 11.8 Å². The van der Waals surface area contributed by atoms with Gasteiger partial charge < -0.3 is 10.1 Å². The van der Waals surface area contributed by atoms with Crippen molar-refractivity contribution in [3.05, 3.63) is 29.8 Å². The van der Waals surface area contributed by atoms with Crippen molar-refractivity contribution < 1.29 is 9.53 Å². The minimum Gasteiger partial charge on any atom is -0.492 e. The Bertz CT molecular complexity index is 503. The molecule has 0 spiro atoms. The fraction of sp³-hybridized carbons (Fsp3) is 0.429. The van der Waals surface area contributed by atoms with E-state index in [2.05, 4.69) is 11.4 Å². The normalized spacial score (nSPS) is 17.5. The molecule has 1 heterocycles. The number of carbonyl (C=O) groups is 1. The Morgan fingerprint density at radius 1 is 1.56 bits per heavy atom.